The van der Waals surface area contributed by atoms with Gasteiger partial charge in [0.15, 0.2) is 0 Å². The molecule has 0 amide bonds. The quantitative estimate of drug-likeness (QED) is 0.607. The molecule has 0 aromatic carbocycles. The summed E-state index contributed by atoms with van der Waals surface area (Å²) < 4.78 is 5.40. The number of ether oxygens (including phenoxy) is 1. The molecule has 0 saturated heterocycles. The van der Waals surface area contributed by atoms with Crippen LogP contribution in [0.5, 0.6) is 0 Å². The summed E-state index contributed by atoms with van der Waals surface area (Å²) in [5, 5.41) is 6.90. The van der Waals surface area contributed by atoms with Gasteiger partial charge in [-0.2, -0.15) is 0 Å². The number of rotatable bonds is 8. The van der Waals surface area contributed by atoms with Gasteiger partial charge in [0.2, 0.25) is 0 Å². The molecule has 0 rings (SSSR count). The van der Waals surface area contributed by atoms with E-state index < -0.39 is 0 Å². The maximum atomic E-state index is 5.40. The monoisotopic (exact) mass is 216 g/mol. The number of nitrogens with one attached hydrogen (secondary N) is 2. The molecule has 1 atom stereocenters. The van der Waals surface area contributed by atoms with E-state index in [-0.39, 0.29) is 5.54 Å². The molecular formula is C12H28N2O. The molecule has 2 N–H and O–H groups in total. The van der Waals surface area contributed by atoms with E-state index in [4.69, 9.17) is 4.74 Å². The Hall–Kier alpha value is -0.120. The van der Waals surface area contributed by atoms with Gasteiger partial charge in [0.1, 0.15) is 0 Å². The first-order valence-corrected chi connectivity index (χ1v) is 6.02. The first-order chi connectivity index (χ1) is 6.95. The highest BCUT2D eigenvalue weighted by Gasteiger charge is 2.10. The predicted molar refractivity (Wildman–Crippen MR) is 66.3 cm³/mol. The Bertz CT molecular complexity index is 143. The largest absolute Gasteiger partial charge is 0.380 e. The van der Waals surface area contributed by atoms with Crippen molar-refractivity contribution in [3.05, 3.63) is 0 Å². The van der Waals surface area contributed by atoms with E-state index in [1.165, 1.54) is 0 Å². The fourth-order valence-electron chi connectivity index (χ4n) is 1.16. The van der Waals surface area contributed by atoms with Crippen LogP contribution in [-0.4, -0.2) is 37.9 Å². The van der Waals surface area contributed by atoms with Crippen molar-refractivity contribution < 1.29 is 4.74 Å². The topological polar surface area (TPSA) is 33.3 Å². The molecule has 1 unspecified atom stereocenters. The van der Waals surface area contributed by atoms with Gasteiger partial charge in [-0.15, -0.1) is 0 Å². The third kappa shape index (κ3) is 11.8. The first kappa shape index (κ1) is 14.9. The van der Waals surface area contributed by atoms with E-state index in [9.17, 15) is 0 Å². The molecule has 92 valence electrons. The van der Waals surface area contributed by atoms with Gasteiger partial charge < -0.3 is 15.4 Å². The van der Waals surface area contributed by atoms with Crippen LogP contribution in [0.25, 0.3) is 0 Å². The molecule has 0 aromatic heterocycles. The van der Waals surface area contributed by atoms with Crippen molar-refractivity contribution in [2.75, 3.05) is 26.3 Å². The van der Waals surface area contributed by atoms with Crippen molar-refractivity contribution in [1.82, 2.24) is 10.6 Å². The summed E-state index contributed by atoms with van der Waals surface area (Å²) in [6, 6.07) is 0.495. The summed E-state index contributed by atoms with van der Waals surface area (Å²) in [6.07, 6.45) is 1.10. The molecule has 0 radical (unpaired) electrons. The van der Waals surface area contributed by atoms with Crippen LogP contribution in [0.2, 0.25) is 0 Å². The smallest absolute Gasteiger partial charge is 0.0591 e. The fourth-order valence-corrected chi connectivity index (χ4v) is 1.16. The van der Waals surface area contributed by atoms with E-state index in [0.29, 0.717) is 6.04 Å². The van der Waals surface area contributed by atoms with Crippen molar-refractivity contribution in [2.45, 2.75) is 52.6 Å². The van der Waals surface area contributed by atoms with Gasteiger partial charge in [0.25, 0.3) is 0 Å². The molecule has 0 saturated carbocycles. The lowest BCUT2D eigenvalue weighted by molar-refractivity contribution is 0.134. The van der Waals surface area contributed by atoms with Crippen molar-refractivity contribution in [1.29, 1.82) is 0 Å². The van der Waals surface area contributed by atoms with Crippen LogP contribution in [-0.2, 0) is 4.74 Å². The molecule has 3 heteroatoms. The first-order valence-electron chi connectivity index (χ1n) is 6.02. The second-order valence-corrected chi connectivity index (χ2v) is 5.10. The minimum absolute atomic E-state index is 0.203. The molecule has 0 spiro atoms. The molecule has 0 aliphatic heterocycles. The highest BCUT2D eigenvalue weighted by Crippen LogP contribution is 1.97. The Labute approximate surface area is 95.0 Å². The van der Waals surface area contributed by atoms with Crippen LogP contribution in [0.3, 0.4) is 0 Å². The summed E-state index contributed by atoms with van der Waals surface area (Å²) in [4.78, 5) is 0. The molecule has 0 aromatic rings. The third-order valence-corrected chi connectivity index (χ3v) is 2.03. The van der Waals surface area contributed by atoms with Crippen molar-refractivity contribution in [3.8, 4) is 0 Å². The SMILES string of the molecule is CCCOCCNC(C)CNC(C)(C)C. The molecule has 0 heterocycles. The molecule has 0 bridgehead atoms. The van der Waals surface area contributed by atoms with Crippen LogP contribution in [0.4, 0.5) is 0 Å². The van der Waals surface area contributed by atoms with Gasteiger partial charge in [-0.3, -0.25) is 0 Å². The van der Waals surface area contributed by atoms with Crippen LogP contribution in [0, 0.1) is 0 Å². The van der Waals surface area contributed by atoms with E-state index in [1.54, 1.807) is 0 Å². The van der Waals surface area contributed by atoms with Gasteiger partial charge in [-0.1, -0.05) is 6.92 Å². The zero-order valence-electron chi connectivity index (χ0n) is 11.0. The maximum Gasteiger partial charge on any atom is 0.0591 e. The Morgan fingerprint density at radius 3 is 2.40 bits per heavy atom. The lowest BCUT2D eigenvalue weighted by Gasteiger charge is -2.24. The van der Waals surface area contributed by atoms with Crippen molar-refractivity contribution in [3.63, 3.8) is 0 Å². The highest BCUT2D eigenvalue weighted by atomic mass is 16.5. The van der Waals surface area contributed by atoms with E-state index in [0.717, 1.165) is 32.7 Å². The molecule has 15 heavy (non-hydrogen) atoms. The van der Waals surface area contributed by atoms with Crippen molar-refractivity contribution in [2.24, 2.45) is 0 Å². The zero-order valence-corrected chi connectivity index (χ0v) is 11.0. The number of hydrogen-bond donors (Lipinski definition) is 2. The summed E-state index contributed by atoms with van der Waals surface area (Å²) in [6.45, 7) is 14.5. The Morgan fingerprint density at radius 1 is 1.20 bits per heavy atom. The lowest BCUT2D eigenvalue weighted by Crippen LogP contribution is -2.45. The second kappa shape index (κ2) is 8.08. The van der Waals surface area contributed by atoms with E-state index >= 15 is 0 Å². The Balaban J connectivity index is 3.30. The van der Waals surface area contributed by atoms with Gasteiger partial charge >= 0.3 is 0 Å². The number of hydrogen-bond acceptors (Lipinski definition) is 3. The molecule has 0 aliphatic rings. The summed E-state index contributed by atoms with van der Waals surface area (Å²) in [5.41, 5.74) is 0.203. The minimum Gasteiger partial charge on any atom is -0.380 e. The summed E-state index contributed by atoms with van der Waals surface area (Å²) in [5.74, 6) is 0. The van der Waals surface area contributed by atoms with Gasteiger partial charge in [-0.25, -0.2) is 0 Å². The predicted octanol–water partition coefficient (Wildman–Crippen LogP) is 1.78. The zero-order chi connectivity index (χ0) is 11.7. The lowest BCUT2D eigenvalue weighted by atomic mass is 10.1. The molecule has 0 fully saturated rings. The Kier molecular flexibility index (Phi) is 8.02. The highest BCUT2D eigenvalue weighted by molar-refractivity contribution is 4.74. The fraction of sp³-hybridized carbons (Fsp3) is 1.00. The van der Waals surface area contributed by atoms with Gasteiger partial charge in [-0.05, 0) is 34.1 Å². The Morgan fingerprint density at radius 2 is 1.87 bits per heavy atom. The van der Waals surface area contributed by atoms with Gasteiger partial charge in [0.05, 0.1) is 6.61 Å². The molecular weight excluding hydrogens is 188 g/mol. The summed E-state index contributed by atoms with van der Waals surface area (Å²) >= 11 is 0. The average molecular weight is 216 g/mol. The standard InChI is InChI=1S/C12H28N2O/c1-6-8-15-9-7-13-11(2)10-14-12(3,4)5/h11,13-14H,6-10H2,1-5H3. The summed E-state index contributed by atoms with van der Waals surface area (Å²) in [7, 11) is 0. The van der Waals surface area contributed by atoms with Gasteiger partial charge in [0, 0.05) is 31.3 Å². The van der Waals surface area contributed by atoms with Crippen molar-refractivity contribution >= 4 is 0 Å². The van der Waals surface area contributed by atoms with Crippen LogP contribution < -0.4 is 10.6 Å². The molecule has 3 nitrogen and oxygen atoms in total. The van der Waals surface area contributed by atoms with Crippen LogP contribution in [0.15, 0.2) is 0 Å². The van der Waals surface area contributed by atoms with Crippen LogP contribution >= 0.6 is 0 Å². The third-order valence-electron chi connectivity index (χ3n) is 2.03. The molecule has 0 aliphatic carbocycles. The van der Waals surface area contributed by atoms with E-state index in [1.807, 2.05) is 0 Å². The van der Waals surface area contributed by atoms with E-state index in [2.05, 4.69) is 45.3 Å². The maximum absolute atomic E-state index is 5.40. The average Bonchev–Trinajstić information content (AvgIpc) is 2.13. The second-order valence-electron chi connectivity index (χ2n) is 5.10. The minimum atomic E-state index is 0.203. The normalized spacial score (nSPS) is 14.2. The van der Waals surface area contributed by atoms with Crippen LogP contribution in [0.1, 0.15) is 41.0 Å².